The maximum Gasteiger partial charge on any atom is 0.257 e. The molecule has 6 nitrogen and oxygen atoms in total. The van der Waals surface area contributed by atoms with Gasteiger partial charge in [0.15, 0.2) is 0 Å². The van der Waals surface area contributed by atoms with Crippen LogP contribution in [0.25, 0.3) is 6.08 Å². The van der Waals surface area contributed by atoms with Gasteiger partial charge in [-0.2, -0.15) is 5.26 Å². The van der Waals surface area contributed by atoms with Crippen LogP contribution < -0.4 is 4.72 Å². The minimum Gasteiger partial charge on any atom is -0.269 e. The molecule has 2 rings (SSSR count). The van der Waals surface area contributed by atoms with Gasteiger partial charge in [0.05, 0.1) is 28.6 Å². The SMILES string of the molecule is N#Cc1ccc(CS(=O)(=O)NC(=O)/C=C/c2cscn2)cc1. The molecule has 1 heterocycles. The van der Waals surface area contributed by atoms with Gasteiger partial charge in [0, 0.05) is 11.5 Å². The van der Waals surface area contributed by atoms with Crippen molar-refractivity contribution in [2.45, 2.75) is 5.75 Å². The summed E-state index contributed by atoms with van der Waals surface area (Å²) in [5.41, 5.74) is 3.13. The van der Waals surface area contributed by atoms with E-state index >= 15 is 0 Å². The molecule has 0 aliphatic heterocycles. The Hall–Kier alpha value is -2.50. The fourth-order valence-electron chi connectivity index (χ4n) is 1.58. The van der Waals surface area contributed by atoms with Crippen LogP contribution in [-0.4, -0.2) is 19.3 Å². The molecular weight excluding hydrogens is 322 g/mol. The Labute approximate surface area is 131 Å². The second-order valence-corrected chi connectivity index (χ2v) is 6.72. The average Bonchev–Trinajstić information content (AvgIpc) is 2.98. The van der Waals surface area contributed by atoms with Crippen molar-refractivity contribution in [2.24, 2.45) is 0 Å². The van der Waals surface area contributed by atoms with E-state index in [2.05, 4.69) is 4.98 Å². The summed E-state index contributed by atoms with van der Waals surface area (Å²) in [5.74, 6) is -1.07. The molecule has 1 aromatic carbocycles. The highest BCUT2D eigenvalue weighted by Gasteiger charge is 2.14. The smallest absolute Gasteiger partial charge is 0.257 e. The summed E-state index contributed by atoms with van der Waals surface area (Å²) in [5, 5.41) is 10.4. The second-order valence-electron chi connectivity index (χ2n) is 4.28. The summed E-state index contributed by atoms with van der Waals surface area (Å²) in [6, 6.07) is 8.06. The molecule has 1 amide bonds. The molecule has 2 aromatic rings. The van der Waals surface area contributed by atoms with E-state index < -0.39 is 15.9 Å². The lowest BCUT2D eigenvalue weighted by Gasteiger charge is -2.04. The molecule has 0 saturated heterocycles. The van der Waals surface area contributed by atoms with E-state index in [9.17, 15) is 13.2 Å². The third kappa shape index (κ3) is 4.80. The van der Waals surface area contributed by atoms with E-state index in [1.165, 1.54) is 41.7 Å². The van der Waals surface area contributed by atoms with Gasteiger partial charge in [-0.3, -0.25) is 4.79 Å². The Morgan fingerprint density at radius 1 is 1.36 bits per heavy atom. The summed E-state index contributed by atoms with van der Waals surface area (Å²) >= 11 is 1.37. The molecule has 0 spiro atoms. The fraction of sp³-hybridized carbons (Fsp3) is 0.0714. The Morgan fingerprint density at radius 2 is 2.09 bits per heavy atom. The van der Waals surface area contributed by atoms with Crippen molar-refractivity contribution in [3.05, 3.63) is 58.1 Å². The molecule has 8 heteroatoms. The molecule has 0 atom stereocenters. The minimum absolute atomic E-state index is 0.338. The van der Waals surface area contributed by atoms with Crippen molar-refractivity contribution in [1.82, 2.24) is 9.71 Å². The molecule has 0 aliphatic rings. The highest BCUT2D eigenvalue weighted by atomic mass is 32.2. The van der Waals surface area contributed by atoms with Crippen molar-refractivity contribution in [1.29, 1.82) is 5.26 Å². The zero-order chi connectivity index (χ0) is 16.0. The van der Waals surface area contributed by atoms with Crippen molar-refractivity contribution in [3.8, 4) is 6.07 Å². The van der Waals surface area contributed by atoms with Gasteiger partial charge >= 0.3 is 0 Å². The number of nitrogens with zero attached hydrogens (tertiary/aromatic N) is 2. The molecule has 1 N–H and O–H groups in total. The van der Waals surface area contributed by atoms with E-state index in [-0.39, 0.29) is 5.75 Å². The van der Waals surface area contributed by atoms with Crippen molar-refractivity contribution in [2.75, 3.05) is 0 Å². The van der Waals surface area contributed by atoms with Crippen LogP contribution in [-0.2, 0) is 20.6 Å². The number of nitriles is 1. The topological polar surface area (TPSA) is 99.9 Å². The zero-order valence-corrected chi connectivity index (χ0v) is 12.9. The Bertz CT molecular complexity index is 817. The van der Waals surface area contributed by atoms with Crippen molar-refractivity contribution >= 4 is 33.3 Å². The maximum atomic E-state index is 11.9. The first-order chi connectivity index (χ1) is 10.5. The lowest BCUT2D eigenvalue weighted by Crippen LogP contribution is -2.30. The van der Waals surface area contributed by atoms with Gasteiger partial charge in [0.2, 0.25) is 10.0 Å². The van der Waals surface area contributed by atoms with Crippen LogP contribution >= 0.6 is 11.3 Å². The van der Waals surface area contributed by atoms with Gasteiger partial charge < -0.3 is 0 Å². The summed E-state index contributed by atoms with van der Waals surface area (Å²) < 4.78 is 25.7. The lowest BCUT2D eigenvalue weighted by atomic mass is 10.2. The molecule has 112 valence electrons. The number of rotatable bonds is 5. The number of nitrogens with one attached hydrogen (secondary N) is 1. The lowest BCUT2D eigenvalue weighted by molar-refractivity contribution is -0.114. The van der Waals surface area contributed by atoms with Gasteiger partial charge in [-0.25, -0.2) is 18.1 Å². The molecule has 0 fully saturated rings. The predicted octanol–water partition coefficient (Wildman–Crippen LogP) is 1.67. The number of thiazole rings is 1. The number of carbonyl (C=O) groups is 1. The molecule has 0 radical (unpaired) electrons. The predicted molar refractivity (Wildman–Crippen MR) is 83.1 cm³/mol. The fourth-order valence-corrected chi connectivity index (χ4v) is 3.18. The number of aromatic nitrogens is 1. The van der Waals surface area contributed by atoms with E-state index in [1.54, 1.807) is 10.9 Å². The standard InChI is InChI=1S/C14H11N3O3S2/c15-7-11-1-3-12(4-2-11)9-22(19,20)17-14(18)6-5-13-8-21-10-16-13/h1-6,8,10H,9H2,(H,17,18)/b6-5+. The largest absolute Gasteiger partial charge is 0.269 e. The summed E-state index contributed by atoms with van der Waals surface area (Å²) in [6.45, 7) is 0. The van der Waals surface area contributed by atoms with Gasteiger partial charge in [-0.15, -0.1) is 11.3 Å². The Morgan fingerprint density at radius 3 is 2.68 bits per heavy atom. The number of hydrogen-bond donors (Lipinski definition) is 1. The molecular formula is C14H11N3O3S2. The van der Waals surface area contributed by atoms with Crippen LogP contribution in [0, 0.1) is 11.3 Å². The molecule has 0 saturated carbocycles. The van der Waals surface area contributed by atoms with Crippen molar-refractivity contribution in [3.63, 3.8) is 0 Å². The van der Waals surface area contributed by atoms with Gasteiger partial charge in [-0.1, -0.05) is 12.1 Å². The van der Waals surface area contributed by atoms with Gasteiger partial charge in [-0.05, 0) is 23.8 Å². The monoisotopic (exact) mass is 333 g/mol. The molecule has 22 heavy (non-hydrogen) atoms. The molecule has 0 aliphatic carbocycles. The first kappa shape index (κ1) is 15.9. The van der Waals surface area contributed by atoms with Crippen LogP contribution in [0.4, 0.5) is 0 Å². The van der Waals surface area contributed by atoms with Crippen LogP contribution in [0.1, 0.15) is 16.8 Å². The maximum absolute atomic E-state index is 11.9. The molecule has 1 aromatic heterocycles. The van der Waals surface area contributed by atoms with Crippen molar-refractivity contribution < 1.29 is 13.2 Å². The van der Waals surface area contributed by atoms with Gasteiger partial charge in [0.1, 0.15) is 0 Å². The first-order valence-corrected chi connectivity index (χ1v) is 8.68. The zero-order valence-electron chi connectivity index (χ0n) is 11.3. The van der Waals surface area contributed by atoms with E-state index in [0.717, 1.165) is 6.08 Å². The average molecular weight is 333 g/mol. The number of sulfonamides is 1. The number of benzene rings is 1. The number of carbonyl (C=O) groups excluding carboxylic acids is 1. The number of amides is 1. The quantitative estimate of drug-likeness (QED) is 0.839. The highest BCUT2D eigenvalue weighted by Crippen LogP contribution is 2.07. The number of hydrogen-bond acceptors (Lipinski definition) is 6. The van der Waals surface area contributed by atoms with Crippen LogP contribution in [0.3, 0.4) is 0 Å². The van der Waals surface area contributed by atoms with E-state index in [4.69, 9.17) is 5.26 Å². The Balaban J connectivity index is 1.98. The molecule has 0 unspecified atom stereocenters. The third-order valence-electron chi connectivity index (χ3n) is 2.55. The van der Waals surface area contributed by atoms with E-state index in [0.29, 0.717) is 16.8 Å². The summed E-state index contributed by atoms with van der Waals surface area (Å²) in [7, 11) is -3.80. The first-order valence-electron chi connectivity index (χ1n) is 6.08. The summed E-state index contributed by atoms with van der Waals surface area (Å²) in [6.07, 6.45) is 2.55. The van der Waals surface area contributed by atoms with Crippen LogP contribution in [0.15, 0.2) is 41.2 Å². The summed E-state index contributed by atoms with van der Waals surface area (Å²) in [4.78, 5) is 15.5. The van der Waals surface area contributed by atoms with Crippen LogP contribution in [0.5, 0.6) is 0 Å². The molecule has 0 bridgehead atoms. The third-order valence-corrected chi connectivity index (χ3v) is 4.38. The Kier molecular flexibility index (Phi) is 5.04. The van der Waals surface area contributed by atoms with Gasteiger partial charge in [0.25, 0.3) is 5.91 Å². The highest BCUT2D eigenvalue weighted by molar-refractivity contribution is 7.89. The second kappa shape index (κ2) is 6.98. The van der Waals surface area contributed by atoms with Crippen LogP contribution in [0.2, 0.25) is 0 Å². The van der Waals surface area contributed by atoms with E-state index in [1.807, 2.05) is 10.8 Å². The normalized spacial score (nSPS) is 11.2. The minimum atomic E-state index is -3.80.